The predicted octanol–water partition coefficient (Wildman–Crippen LogP) is 5.09. The molecule has 1 aliphatic rings. The second-order valence-corrected chi connectivity index (χ2v) is 7.61. The molecule has 0 unspecified atom stereocenters. The summed E-state index contributed by atoms with van der Waals surface area (Å²) in [7, 11) is 0. The summed E-state index contributed by atoms with van der Waals surface area (Å²) in [6.07, 6.45) is 0. The van der Waals surface area contributed by atoms with Crippen LogP contribution in [0.1, 0.15) is 22.6 Å². The largest absolute Gasteiger partial charge is 0.508 e. The van der Waals surface area contributed by atoms with E-state index in [2.05, 4.69) is 22.0 Å². The standard InChI is InChI=1S/C23H16BrFN2O3/c24-19-9-14(3-8-20(19)29-12-13-1-4-15(25)5-2-13)22-17-7-6-16(28)10-21(17)30-23(27)18(22)11-26/h1-10,22,28H,12,27H2/t22-/m1/s1. The zero-order valence-corrected chi connectivity index (χ0v) is 17.2. The Labute approximate surface area is 180 Å². The fraction of sp³-hybridized carbons (Fsp3) is 0.0870. The second-order valence-electron chi connectivity index (χ2n) is 6.75. The first kappa shape index (κ1) is 19.8. The van der Waals surface area contributed by atoms with Gasteiger partial charge in [-0.3, -0.25) is 0 Å². The van der Waals surface area contributed by atoms with Crippen molar-refractivity contribution in [2.75, 3.05) is 0 Å². The van der Waals surface area contributed by atoms with Crippen LogP contribution < -0.4 is 15.2 Å². The van der Waals surface area contributed by atoms with Crippen LogP contribution in [0.25, 0.3) is 0 Å². The number of benzene rings is 3. The van der Waals surface area contributed by atoms with Crippen molar-refractivity contribution in [3.63, 3.8) is 0 Å². The Balaban J connectivity index is 1.65. The van der Waals surface area contributed by atoms with Gasteiger partial charge >= 0.3 is 0 Å². The van der Waals surface area contributed by atoms with Crippen LogP contribution in [-0.2, 0) is 6.61 Å². The SMILES string of the molecule is N#CC1=C(N)Oc2cc(O)ccc2[C@H]1c1ccc(OCc2ccc(F)cc2)c(Br)c1. The average Bonchev–Trinajstić information content (AvgIpc) is 2.73. The minimum atomic E-state index is -0.443. The maximum atomic E-state index is 13.0. The van der Waals surface area contributed by atoms with E-state index in [1.165, 1.54) is 18.2 Å². The summed E-state index contributed by atoms with van der Waals surface area (Å²) in [4.78, 5) is 0. The number of nitrogens with zero attached hydrogens (tertiary/aromatic N) is 1. The molecule has 1 aliphatic heterocycles. The van der Waals surface area contributed by atoms with Gasteiger partial charge in [-0.1, -0.05) is 24.3 Å². The van der Waals surface area contributed by atoms with Gasteiger partial charge in [0.05, 0.1) is 10.4 Å². The molecule has 1 heterocycles. The van der Waals surface area contributed by atoms with E-state index in [0.717, 1.165) is 16.7 Å². The third kappa shape index (κ3) is 3.82. The lowest BCUT2D eigenvalue weighted by Gasteiger charge is -2.26. The van der Waals surface area contributed by atoms with Gasteiger partial charge < -0.3 is 20.3 Å². The number of aromatic hydroxyl groups is 1. The van der Waals surface area contributed by atoms with Crippen molar-refractivity contribution in [1.29, 1.82) is 5.26 Å². The van der Waals surface area contributed by atoms with E-state index >= 15 is 0 Å². The number of phenols is 1. The first-order chi connectivity index (χ1) is 14.5. The number of halogens is 2. The van der Waals surface area contributed by atoms with Crippen molar-refractivity contribution in [2.24, 2.45) is 5.73 Å². The van der Waals surface area contributed by atoms with Crippen LogP contribution in [0.15, 0.2) is 76.6 Å². The lowest BCUT2D eigenvalue weighted by Crippen LogP contribution is -2.21. The number of rotatable bonds is 4. The summed E-state index contributed by atoms with van der Waals surface area (Å²) in [5.41, 5.74) is 8.63. The normalized spacial score (nSPS) is 15.2. The third-order valence-corrected chi connectivity index (χ3v) is 5.42. The van der Waals surface area contributed by atoms with Crippen molar-refractivity contribution in [3.8, 4) is 23.3 Å². The molecule has 30 heavy (non-hydrogen) atoms. The summed E-state index contributed by atoms with van der Waals surface area (Å²) in [5.74, 6) is 0.331. The van der Waals surface area contributed by atoms with Crippen LogP contribution >= 0.6 is 15.9 Å². The Kier molecular flexibility index (Phi) is 5.34. The molecule has 3 aromatic rings. The Bertz CT molecular complexity index is 1190. The van der Waals surface area contributed by atoms with E-state index < -0.39 is 5.92 Å². The highest BCUT2D eigenvalue weighted by atomic mass is 79.9. The molecule has 1 atom stereocenters. The molecule has 0 saturated carbocycles. The summed E-state index contributed by atoms with van der Waals surface area (Å²) < 4.78 is 25.1. The molecule has 7 heteroatoms. The molecule has 150 valence electrons. The number of hydrogen-bond acceptors (Lipinski definition) is 5. The minimum Gasteiger partial charge on any atom is -0.508 e. The minimum absolute atomic E-state index is 0.00774. The van der Waals surface area contributed by atoms with Gasteiger partial charge in [0.25, 0.3) is 0 Å². The molecule has 0 aliphatic carbocycles. The van der Waals surface area contributed by atoms with Gasteiger partial charge in [0.2, 0.25) is 5.88 Å². The lowest BCUT2D eigenvalue weighted by atomic mass is 9.83. The number of allylic oxidation sites excluding steroid dienone is 1. The predicted molar refractivity (Wildman–Crippen MR) is 112 cm³/mol. The first-order valence-electron chi connectivity index (χ1n) is 9.03. The fourth-order valence-corrected chi connectivity index (χ4v) is 3.85. The van der Waals surface area contributed by atoms with Crippen molar-refractivity contribution in [2.45, 2.75) is 12.5 Å². The van der Waals surface area contributed by atoms with Crippen molar-refractivity contribution < 1.29 is 19.0 Å². The summed E-state index contributed by atoms with van der Waals surface area (Å²) in [6.45, 7) is 0.286. The van der Waals surface area contributed by atoms with Crippen molar-refractivity contribution in [1.82, 2.24) is 0 Å². The second kappa shape index (κ2) is 8.09. The maximum Gasteiger partial charge on any atom is 0.205 e. The van der Waals surface area contributed by atoms with E-state index in [0.29, 0.717) is 21.5 Å². The van der Waals surface area contributed by atoms with Gasteiger partial charge in [-0.25, -0.2) is 4.39 Å². The number of hydrogen-bond donors (Lipinski definition) is 2. The Hall–Kier alpha value is -3.50. The number of fused-ring (bicyclic) bond motifs is 1. The summed E-state index contributed by atoms with van der Waals surface area (Å²) >= 11 is 3.52. The van der Waals surface area contributed by atoms with Crippen LogP contribution in [0.2, 0.25) is 0 Å². The molecule has 5 nitrogen and oxygen atoms in total. The summed E-state index contributed by atoms with van der Waals surface area (Å²) in [5, 5.41) is 19.4. The van der Waals surface area contributed by atoms with Crippen LogP contribution in [0, 0.1) is 17.1 Å². The Morgan fingerprint density at radius 3 is 2.60 bits per heavy atom. The first-order valence-corrected chi connectivity index (χ1v) is 9.82. The molecule has 3 N–H and O–H groups in total. The fourth-order valence-electron chi connectivity index (χ4n) is 3.34. The number of phenolic OH excluding ortho intramolecular Hbond substituents is 1. The van der Waals surface area contributed by atoms with E-state index in [-0.39, 0.29) is 24.1 Å². The third-order valence-electron chi connectivity index (χ3n) is 4.80. The highest BCUT2D eigenvalue weighted by Crippen LogP contribution is 2.44. The highest BCUT2D eigenvalue weighted by Gasteiger charge is 2.31. The molecular formula is C23H16BrFN2O3. The van der Waals surface area contributed by atoms with E-state index in [1.807, 2.05) is 12.1 Å². The van der Waals surface area contributed by atoms with E-state index in [4.69, 9.17) is 15.2 Å². The van der Waals surface area contributed by atoms with Crippen molar-refractivity contribution in [3.05, 3.63) is 99.1 Å². The number of ether oxygens (including phenoxy) is 2. The average molecular weight is 467 g/mol. The molecule has 0 fully saturated rings. The molecule has 0 bridgehead atoms. The molecule has 4 rings (SSSR count). The van der Waals surface area contributed by atoms with Gasteiger partial charge in [0, 0.05) is 11.6 Å². The Morgan fingerprint density at radius 2 is 1.90 bits per heavy atom. The highest BCUT2D eigenvalue weighted by molar-refractivity contribution is 9.10. The molecular weight excluding hydrogens is 451 g/mol. The van der Waals surface area contributed by atoms with Crippen molar-refractivity contribution >= 4 is 15.9 Å². The van der Waals surface area contributed by atoms with Crippen LogP contribution in [0.4, 0.5) is 4.39 Å². The molecule has 0 spiro atoms. The molecule has 0 amide bonds. The molecule has 0 saturated heterocycles. The van der Waals surface area contributed by atoms with Gasteiger partial charge in [0.15, 0.2) is 0 Å². The van der Waals surface area contributed by atoms with E-state index in [1.54, 1.807) is 30.3 Å². The Morgan fingerprint density at radius 1 is 1.13 bits per heavy atom. The number of nitriles is 1. The van der Waals surface area contributed by atoms with Gasteiger partial charge in [0.1, 0.15) is 41.3 Å². The lowest BCUT2D eigenvalue weighted by molar-refractivity contribution is 0.304. The zero-order chi connectivity index (χ0) is 21.3. The van der Waals surface area contributed by atoms with Gasteiger partial charge in [-0.05, 0) is 57.4 Å². The van der Waals surface area contributed by atoms with E-state index in [9.17, 15) is 14.8 Å². The smallest absolute Gasteiger partial charge is 0.205 e. The summed E-state index contributed by atoms with van der Waals surface area (Å²) in [6, 6.07) is 18.5. The van der Waals surface area contributed by atoms with Gasteiger partial charge in [-0.2, -0.15) is 5.26 Å². The van der Waals surface area contributed by atoms with Crippen LogP contribution in [0.5, 0.6) is 17.2 Å². The zero-order valence-electron chi connectivity index (χ0n) is 15.6. The maximum absolute atomic E-state index is 13.0. The molecule has 0 radical (unpaired) electrons. The van der Waals surface area contributed by atoms with Crippen LogP contribution in [0.3, 0.4) is 0 Å². The van der Waals surface area contributed by atoms with Crippen LogP contribution in [-0.4, -0.2) is 5.11 Å². The molecule has 0 aromatic heterocycles. The monoisotopic (exact) mass is 466 g/mol. The van der Waals surface area contributed by atoms with Gasteiger partial charge in [-0.15, -0.1) is 0 Å². The topological polar surface area (TPSA) is 88.5 Å². The quantitative estimate of drug-likeness (QED) is 0.558. The molecule has 3 aromatic carbocycles. The number of nitrogens with two attached hydrogens (primary N) is 1.